The summed E-state index contributed by atoms with van der Waals surface area (Å²) < 4.78 is 0. The van der Waals surface area contributed by atoms with Crippen molar-refractivity contribution in [2.24, 2.45) is 5.41 Å². The molecule has 2 unspecified atom stereocenters. The van der Waals surface area contributed by atoms with E-state index in [1.807, 2.05) is 44.2 Å². The van der Waals surface area contributed by atoms with Crippen molar-refractivity contribution >= 4 is 35.4 Å². The number of amides is 1. The van der Waals surface area contributed by atoms with Crippen molar-refractivity contribution in [1.82, 2.24) is 9.88 Å². The van der Waals surface area contributed by atoms with E-state index < -0.39 is 17.5 Å². The predicted molar refractivity (Wildman–Crippen MR) is 121 cm³/mol. The number of likely N-dealkylation sites (tertiary alicyclic amines) is 1. The van der Waals surface area contributed by atoms with Gasteiger partial charge in [-0.25, -0.2) is 0 Å². The fourth-order valence-electron chi connectivity index (χ4n) is 4.47. The Morgan fingerprint density at radius 2 is 2.07 bits per heavy atom. The molecule has 1 aromatic heterocycles. The van der Waals surface area contributed by atoms with Crippen LogP contribution in [-0.4, -0.2) is 28.1 Å². The van der Waals surface area contributed by atoms with Gasteiger partial charge in [0, 0.05) is 17.1 Å². The minimum absolute atomic E-state index is 0.0543. The first-order valence-electron chi connectivity index (χ1n) is 10.1. The molecule has 3 rings (SSSR count). The lowest BCUT2D eigenvalue weighted by molar-refractivity contribution is -0.156. The lowest BCUT2D eigenvalue weighted by Crippen LogP contribution is -2.56. The Morgan fingerprint density at radius 3 is 2.63 bits per heavy atom. The molecule has 1 aliphatic heterocycles. The van der Waals surface area contributed by atoms with Gasteiger partial charge in [-0.05, 0) is 49.1 Å². The zero-order valence-corrected chi connectivity index (χ0v) is 18.7. The molecule has 2 aromatic rings. The van der Waals surface area contributed by atoms with E-state index in [2.05, 4.69) is 11.6 Å². The molecule has 0 N–H and O–H groups in total. The van der Waals surface area contributed by atoms with E-state index in [4.69, 9.17) is 23.2 Å². The third kappa shape index (κ3) is 4.30. The van der Waals surface area contributed by atoms with Crippen molar-refractivity contribution in [3.05, 3.63) is 76.6 Å². The number of carbonyl (C=O) groups is 2. The van der Waals surface area contributed by atoms with Crippen LogP contribution in [0, 0.1) is 5.41 Å². The van der Waals surface area contributed by atoms with Crippen LogP contribution in [-0.2, 0) is 9.59 Å². The maximum atomic E-state index is 13.7. The van der Waals surface area contributed by atoms with E-state index in [1.165, 1.54) is 0 Å². The lowest BCUT2D eigenvalue weighted by atomic mass is 9.67. The number of halogens is 2. The summed E-state index contributed by atoms with van der Waals surface area (Å²) in [5, 5.41) is 1.15. The summed E-state index contributed by atoms with van der Waals surface area (Å²) in [5.74, 6) is -0.143. The molecule has 2 heterocycles. The third-order valence-corrected chi connectivity index (χ3v) is 6.42. The van der Waals surface area contributed by atoms with Crippen LogP contribution in [0.5, 0.6) is 0 Å². The Kier molecular flexibility index (Phi) is 6.99. The van der Waals surface area contributed by atoms with Crippen molar-refractivity contribution in [3.8, 4) is 0 Å². The number of carbonyl (C=O) groups excluding carboxylic acids is 2. The van der Waals surface area contributed by atoms with Crippen molar-refractivity contribution in [1.29, 1.82) is 0 Å². The van der Waals surface area contributed by atoms with Crippen LogP contribution >= 0.6 is 23.2 Å². The number of benzene rings is 1. The summed E-state index contributed by atoms with van der Waals surface area (Å²) in [7, 11) is 0. The number of pyridine rings is 1. The highest BCUT2D eigenvalue weighted by Gasteiger charge is 2.51. The van der Waals surface area contributed by atoms with Crippen LogP contribution in [0.15, 0.2) is 55.3 Å². The molecule has 1 aliphatic rings. The van der Waals surface area contributed by atoms with Crippen LogP contribution in [0.4, 0.5) is 0 Å². The summed E-state index contributed by atoms with van der Waals surface area (Å²) in [5.41, 5.74) is 1.05. The Bertz CT molecular complexity index is 931. The molecule has 1 fully saturated rings. The Labute approximate surface area is 187 Å². The topological polar surface area (TPSA) is 50.3 Å². The van der Waals surface area contributed by atoms with E-state index in [9.17, 15) is 9.59 Å². The quantitative estimate of drug-likeness (QED) is 0.388. The Morgan fingerprint density at radius 1 is 1.30 bits per heavy atom. The normalized spacial score (nSPS) is 25.1. The highest BCUT2D eigenvalue weighted by Crippen LogP contribution is 2.51. The van der Waals surface area contributed by atoms with Gasteiger partial charge in [0.1, 0.15) is 6.29 Å². The van der Waals surface area contributed by atoms with Crippen LogP contribution < -0.4 is 0 Å². The molecule has 1 saturated heterocycles. The van der Waals surface area contributed by atoms with Crippen LogP contribution in [0.25, 0.3) is 0 Å². The summed E-state index contributed by atoms with van der Waals surface area (Å²) in [6.07, 6.45) is 5.84. The lowest BCUT2D eigenvalue weighted by Gasteiger charge is -2.50. The van der Waals surface area contributed by atoms with Gasteiger partial charge >= 0.3 is 0 Å². The number of allylic oxidation sites excluding steroid dienone is 1. The second-order valence-electron chi connectivity index (χ2n) is 8.09. The second-order valence-corrected chi connectivity index (χ2v) is 8.96. The molecule has 0 bridgehead atoms. The Hall–Kier alpha value is -2.17. The number of rotatable bonds is 7. The van der Waals surface area contributed by atoms with E-state index in [0.29, 0.717) is 35.0 Å². The number of nitrogens with zero attached hydrogens (tertiary/aromatic N) is 2. The van der Waals surface area contributed by atoms with Crippen LogP contribution in [0.3, 0.4) is 0 Å². The maximum absolute atomic E-state index is 13.7. The number of aldehydes is 1. The third-order valence-electron chi connectivity index (χ3n) is 5.96. The maximum Gasteiger partial charge on any atom is 0.230 e. The summed E-state index contributed by atoms with van der Waals surface area (Å²) in [4.78, 5) is 32.0. The Balaban J connectivity index is 2.23. The van der Waals surface area contributed by atoms with E-state index in [-0.39, 0.29) is 11.8 Å². The first-order chi connectivity index (χ1) is 14.3. The molecule has 0 saturated carbocycles. The number of aromatic nitrogens is 1. The van der Waals surface area contributed by atoms with E-state index in [1.54, 1.807) is 23.2 Å². The van der Waals surface area contributed by atoms with E-state index in [0.717, 1.165) is 11.8 Å². The highest BCUT2D eigenvalue weighted by atomic mass is 35.5. The van der Waals surface area contributed by atoms with Crippen molar-refractivity contribution in [2.45, 2.75) is 51.1 Å². The summed E-state index contributed by atoms with van der Waals surface area (Å²) in [6.45, 7) is 7.71. The fraction of sp³-hybridized carbons (Fsp3) is 0.375. The van der Waals surface area contributed by atoms with Gasteiger partial charge in [0.15, 0.2) is 0 Å². The zero-order valence-electron chi connectivity index (χ0n) is 17.2. The minimum Gasteiger partial charge on any atom is -0.323 e. The van der Waals surface area contributed by atoms with Gasteiger partial charge in [-0.15, -0.1) is 6.58 Å². The molecular formula is C24H26Cl2N2O2. The molecule has 0 radical (unpaired) electrons. The average molecular weight is 445 g/mol. The SMILES string of the molecule is C=CCC1(C)C[C@H](c2cccc(Cl)c2)C(c2ccc(Cl)cn2)N([C@H](C=O)CC)C1=O. The molecule has 0 aliphatic carbocycles. The van der Waals surface area contributed by atoms with Gasteiger partial charge in [0.05, 0.1) is 28.2 Å². The molecule has 4 nitrogen and oxygen atoms in total. The van der Waals surface area contributed by atoms with Crippen LogP contribution in [0.2, 0.25) is 10.0 Å². The minimum atomic E-state index is -0.673. The number of piperidine rings is 1. The molecule has 0 spiro atoms. The molecule has 6 heteroatoms. The number of hydrogen-bond acceptors (Lipinski definition) is 3. The predicted octanol–water partition coefficient (Wildman–Crippen LogP) is 6.01. The summed E-state index contributed by atoms with van der Waals surface area (Å²) >= 11 is 12.4. The van der Waals surface area contributed by atoms with E-state index >= 15 is 0 Å². The van der Waals surface area contributed by atoms with Crippen molar-refractivity contribution in [3.63, 3.8) is 0 Å². The van der Waals surface area contributed by atoms with Gasteiger partial charge in [0.2, 0.25) is 5.91 Å². The molecule has 4 atom stereocenters. The monoisotopic (exact) mass is 444 g/mol. The van der Waals surface area contributed by atoms with Crippen LogP contribution in [0.1, 0.15) is 56.3 Å². The summed E-state index contributed by atoms with van der Waals surface area (Å²) in [6, 6.07) is 10.3. The number of hydrogen-bond donors (Lipinski definition) is 0. The largest absolute Gasteiger partial charge is 0.323 e. The molecule has 1 amide bonds. The molecular weight excluding hydrogens is 419 g/mol. The molecule has 158 valence electrons. The standard InChI is InChI=1S/C24H26Cl2N2O2/c1-4-11-24(3)13-20(16-7-6-8-17(25)12-16)22(21-10-9-18(26)14-27-21)28(23(24)30)19(5-2)15-29/h4,6-10,12,14-15,19-20,22H,1,5,11,13H2,2-3H3/t19-,20+,22?,24?/m0/s1. The van der Waals surface area contributed by atoms with Gasteiger partial charge in [-0.3, -0.25) is 9.78 Å². The second kappa shape index (κ2) is 9.32. The van der Waals surface area contributed by atoms with Gasteiger partial charge in [-0.1, -0.05) is 55.3 Å². The fourth-order valence-corrected chi connectivity index (χ4v) is 4.78. The smallest absolute Gasteiger partial charge is 0.230 e. The van der Waals surface area contributed by atoms with Gasteiger partial charge < -0.3 is 9.69 Å². The highest BCUT2D eigenvalue weighted by molar-refractivity contribution is 6.30. The molecule has 30 heavy (non-hydrogen) atoms. The average Bonchev–Trinajstić information content (AvgIpc) is 2.73. The first kappa shape index (κ1) is 22.5. The van der Waals surface area contributed by atoms with Gasteiger partial charge in [0.25, 0.3) is 0 Å². The zero-order chi connectivity index (χ0) is 21.9. The first-order valence-corrected chi connectivity index (χ1v) is 10.9. The van der Waals surface area contributed by atoms with Crippen molar-refractivity contribution < 1.29 is 9.59 Å². The van der Waals surface area contributed by atoms with Gasteiger partial charge in [-0.2, -0.15) is 0 Å². The molecule has 1 aromatic carbocycles. The van der Waals surface area contributed by atoms with Crippen molar-refractivity contribution in [2.75, 3.05) is 0 Å².